The number of nitrogens with one attached hydrogen (secondary N) is 1. The number of hydrogen-bond donors (Lipinski definition) is 1. The van der Waals surface area contributed by atoms with Gasteiger partial charge in [-0.2, -0.15) is 0 Å². The molecule has 0 aliphatic carbocycles. The molecule has 1 fully saturated rings. The topological polar surface area (TPSA) is 76.6 Å². The van der Waals surface area contributed by atoms with E-state index in [1.54, 1.807) is 32.4 Å². The van der Waals surface area contributed by atoms with Crippen LogP contribution in [0.5, 0.6) is 11.5 Å². The molecule has 4 rings (SSSR count). The fourth-order valence-electron chi connectivity index (χ4n) is 3.78. The molecule has 2 aromatic carbocycles. The van der Waals surface area contributed by atoms with Crippen molar-refractivity contribution in [1.82, 2.24) is 10.2 Å². The molecular formula is C25H28N4O3S. The minimum absolute atomic E-state index is 0.161. The number of amides is 1. The molecule has 3 aromatic rings. The van der Waals surface area contributed by atoms with Crippen molar-refractivity contribution in [2.75, 3.05) is 43.3 Å². The second-order valence-electron chi connectivity index (χ2n) is 7.75. The summed E-state index contributed by atoms with van der Waals surface area (Å²) in [6, 6.07) is 17.6. The second-order valence-corrected chi connectivity index (χ2v) is 8.75. The Morgan fingerprint density at radius 3 is 2.42 bits per heavy atom. The lowest BCUT2D eigenvalue weighted by molar-refractivity contribution is -0.113. The molecule has 1 N–H and O–H groups in total. The number of carbonyl (C=O) groups excluding carboxylic acids is 1. The zero-order chi connectivity index (χ0) is 23.0. The summed E-state index contributed by atoms with van der Waals surface area (Å²) in [6.07, 6.45) is 3.85. The van der Waals surface area contributed by atoms with Crippen molar-refractivity contribution in [3.63, 3.8) is 0 Å². The van der Waals surface area contributed by atoms with E-state index in [1.165, 1.54) is 36.7 Å². The number of aromatic nitrogens is 2. The van der Waals surface area contributed by atoms with Gasteiger partial charge in [0.2, 0.25) is 5.91 Å². The van der Waals surface area contributed by atoms with Crippen molar-refractivity contribution in [1.29, 1.82) is 0 Å². The van der Waals surface area contributed by atoms with E-state index in [0.717, 1.165) is 24.3 Å². The van der Waals surface area contributed by atoms with E-state index in [2.05, 4.69) is 44.7 Å². The zero-order valence-corrected chi connectivity index (χ0v) is 19.7. The van der Waals surface area contributed by atoms with Crippen LogP contribution in [0.15, 0.2) is 59.6 Å². The molecule has 2 heterocycles. The van der Waals surface area contributed by atoms with E-state index in [4.69, 9.17) is 9.47 Å². The van der Waals surface area contributed by atoms with Crippen molar-refractivity contribution in [3.8, 4) is 22.8 Å². The molecular weight excluding hydrogens is 436 g/mol. The van der Waals surface area contributed by atoms with E-state index < -0.39 is 0 Å². The summed E-state index contributed by atoms with van der Waals surface area (Å²) in [5.41, 5.74) is 3.67. The highest BCUT2D eigenvalue weighted by Gasteiger charge is 2.12. The molecule has 0 unspecified atom stereocenters. The predicted octanol–water partition coefficient (Wildman–Crippen LogP) is 4.88. The van der Waals surface area contributed by atoms with Crippen molar-refractivity contribution >= 4 is 29.0 Å². The number of methoxy groups -OCH3 is 2. The molecule has 7 nitrogen and oxygen atoms in total. The molecule has 8 heteroatoms. The molecule has 1 amide bonds. The Morgan fingerprint density at radius 2 is 1.76 bits per heavy atom. The van der Waals surface area contributed by atoms with Crippen molar-refractivity contribution in [2.24, 2.45) is 0 Å². The van der Waals surface area contributed by atoms with Crippen LogP contribution in [0, 0.1) is 0 Å². The Bertz CT molecular complexity index is 1070. The van der Waals surface area contributed by atoms with Gasteiger partial charge in [-0.3, -0.25) is 4.79 Å². The maximum Gasteiger partial charge on any atom is 0.234 e. The molecule has 0 spiro atoms. The third-order valence-corrected chi connectivity index (χ3v) is 6.48. The fraction of sp³-hybridized carbons (Fsp3) is 0.320. The number of anilines is 2. The van der Waals surface area contributed by atoms with E-state index in [-0.39, 0.29) is 11.7 Å². The number of ether oxygens (including phenoxy) is 2. The Kier molecular flexibility index (Phi) is 7.67. The normalized spacial score (nSPS) is 13.5. The van der Waals surface area contributed by atoms with Crippen LogP contribution in [0.3, 0.4) is 0 Å². The Morgan fingerprint density at radius 1 is 0.970 bits per heavy atom. The highest BCUT2D eigenvalue weighted by atomic mass is 32.2. The van der Waals surface area contributed by atoms with Crippen LogP contribution < -0.4 is 19.7 Å². The first-order valence-corrected chi connectivity index (χ1v) is 12.0. The lowest BCUT2D eigenvalue weighted by Gasteiger charge is -2.28. The molecule has 172 valence electrons. The van der Waals surface area contributed by atoms with Gasteiger partial charge in [-0.15, -0.1) is 10.2 Å². The van der Waals surface area contributed by atoms with Gasteiger partial charge in [-0.1, -0.05) is 23.9 Å². The Hall–Kier alpha value is -3.26. The van der Waals surface area contributed by atoms with Gasteiger partial charge in [-0.25, -0.2) is 0 Å². The first-order valence-electron chi connectivity index (χ1n) is 11.0. The van der Waals surface area contributed by atoms with E-state index >= 15 is 0 Å². The van der Waals surface area contributed by atoms with Crippen LogP contribution >= 0.6 is 11.8 Å². The maximum atomic E-state index is 12.4. The van der Waals surface area contributed by atoms with Gasteiger partial charge in [0.1, 0.15) is 16.5 Å². The van der Waals surface area contributed by atoms with Crippen molar-refractivity contribution in [2.45, 2.75) is 24.3 Å². The highest BCUT2D eigenvalue weighted by molar-refractivity contribution is 7.99. The van der Waals surface area contributed by atoms with Crippen LogP contribution in [0.4, 0.5) is 11.4 Å². The molecule has 1 saturated heterocycles. The molecule has 33 heavy (non-hydrogen) atoms. The fourth-order valence-corrected chi connectivity index (χ4v) is 4.40. The van der Waals surface area contributed by atoms with Crippen molar-refractivity contribution < 1.29 is 14.3 Å². The van der Waals surface area contributed by atoms with Gasteiger partial charge >= 0.3 is 0 Å². The van der Waals surface area contributed by atoms with E-state index in [1.807, 2.05) is 12.1 Å². The van der Waals surface area contributed by atoms with Gasteiger partial charge in [0, 0.05) is 30.4 Å². The minimum atomic E-state index is -0.161. The lowest BCUT2D eigenvalue weighted by atomic mass is 10.1. The quantitative estimate of drug-likeness (QED) is 0.476. The van der Waals surface area contributed by atoms with Crippen LogP contribution in [0.1, 0.15) is 19.3 Å². The lowest BCUT2D eigenvalue weighted by Crippen LogP contribution is -2.29. The van der Waals surface area contributed by atoms with Gasteiger partial charge in [-0.05, 0) is 55.7 Å². The second kappa shape index (κ2) is 11.0. The maximum absolute atomic E-state index is 12.4. The van der Waals surface area contributed by atoms with E-state index in [9.17, 15) is 4.79 Å². The zero-order valence-electron chi connectivity index (χ0n) is 18.9. The van der Waals surface area contributed by atoms with Crippen LogP contribution in [0.2, 0.25) is 0 Å². The summed E-state index contributed by atoms with van der Waals surface area (Å²) in [5, 5.41) is 12.2. The number of carbonyl (C=O) groups is 1. The monoisotopic (exact) mass is 464 g/mol. The summed E-state index contributed by atoms with van der Waals surface area (Å²) in [6.45, 7) is 2.26. The largest absolute Gasteiger partial charge is 0.497 e. The van der Waals surface area contributed by atoms with Crippen LogP contribution in [-0.4, -0.2) is 49.2 Å². The number of piperidine rings is 1. The third kappa shape index (κ3) is 5.96. The number of thioether (sulfide) groups is 1. The number of benzene rings is 2. The molecule has 1 aromatic heterocycles. The first kappa shape index (κ1) is 22.9. The SMILES string of the molecule is COc1ccc(OC)c(NC(=O)CSc2ccc(-c3ccc(N4CCCCC4)cc3)nn2)c1. The minimum Gasteiger partial charge on any atom is -0.497 e. The van der Waals surface area contributed by atoms with Crippen LogP contribution in [0.25, 0.3) is 11.3 Å². The average Bonchev–Trinajstić information content (AvgIpc) is 2.88. The summed E-state index contributed by atoms with van der Waals surface area (Å²) in [7, 11) is 3.14. The summed E-state index contributed by atoms with van der Waals surface area (Å²) in [4.78, 5) is 14.9. The summed E-state index contributed by atoms with van der Waals surface area (Å²) < 4.78 is 10.5. The molecule has 0 bridgehead atoms. The molecule has 1 aliphatic heterocycles. The standard InChI is InChI=1S/C25H28N4O3S/c1-31-20-10-12-23(32-2)22(16-20)26-24(30)17-33-25-13-11-21(27-28-25)18-6-8-19(9-7-18)29-14-4-3-5-15-29/h6-13,16H,3-5,14-15,17H2,1-2H3,(H,26,30). The predicted molar refractivity (Wildman–Crippen MR) is 132 cm³/mol. The van der Waals surface area contributed by atoms with Gasteiger partial charge in [0.25, 0.3) is 0 Å². The average molecular weight is 465 g/mol. The Labute approximate surface area is 198 Å². The van der Waals surface area contributed by atoms with Gasteiger partial charge < -0.3 is 19.7 Å². The number of nitrogens with zero attached hydrogens (tertiary/aromatic N) is 3. The Balaban J connectivity index is 1.33. The first-order chi connectivity index (χ1) is 16.2. The molecule has 1 aliphatic rings. The molecule has 0 atom stereocenters. The van der Waals surface area contributed by atoms with Crippen molar-refractivity contribution in [3.05, 3.63) is 54.6 Å². The highest BCUT2D eigenvalue weighted by Crippen LogP contribution is 2.29. The molecule has 0 saturated carbocycles. The summed E-state index contributed by atoms with van der Waals surface area (Å²) >= 11 is 1.33. The number of rotatable bonds is 8. The molecule has 0 radical (unpaired) electrons. The van der Waals surface area contributed by atoms with Crippen LogP contribution in [-0.2, 0) is 4.79 Å². The third-order valence-electron chi connectivity index (χ3n) is 5.56. The summed E-state index contributed by atoms with van der Waals surface area (Å²) in [5.74, 6) is 1.26. The smallest absolute Gasteiger partial charge is 0.234 e. The van der Waals surface area contributed by atoms with Gasteiger partial charge in [0.05, 0.1) is 31.4 Å². The number of hydrogen-bond acceptors (Lipinski definition) is 7. The van der Waals surface area contributed by atoms with E-state index in [0.29, 0.717) is 22.2 Å². The van der Waals surface area contributed by atoms with Gasteiger partial charge in [0.15, 0.2) is 0 Å².